The van der Waals surface area contributed by atoms with E-state index in [-0.39, 0.29) is 5.82 Å². The second-order valence-corrected chi connectivity index (χ2v) is 6.84. The highest BCUT2D eigenvalue weighted by atomic mass is 19.1. The largest absolute Gasteiger partial charge is 0.496 e. The van der Waals surface area contributed by atoms with Crippen LogP contribution in [0.3, 0.4) is 0 Å². The second-order valence-electron chi connectivity index (χ2n) is 6.84. The van der Waals surface area contributed by atoms with Gasteiger partial charge < -0.3 is 4.74 Å². The Morgan fingerprint density at radius 1 is 0.929 bits per heavy atom. The quantitative estimate of drug-likeness (QED) is 0.649. The van der Waals surface area contributed by atoms with Crippen LogP contribution in [0.5, 0.6) is 5.75 Å². The van der Waals surface area contributed by atoms with Crippen molar-refractivity contribution in [1.82, 2.24) is 4.98 Å². The summed E-state index contributed by atoms with van der Waals surface area (Å²) >= 11 is 0. The van der Waals surface area contributed by atoms with Gasteiger partial charge in [0, 0.05) is 29.1 Å². The summed E-state index contributed by atoms with van der Waals surface area (Å²) in [7, 11) is 1.66. The van der Waals surface area contributed by atoms with E-state index >= 15 is 0 Å². The number of benzene rings is 2. The molecule has 4 nitrogen and oxygen atoms in total. The molecule has 1 unspecified atom stereocenters. The smallest absolute Gasteiger partial charge is 0.201 e. The molecule has 0 radical (unpaired) electrons. The van der Waals surface area contributed by atoms with Crippen molar-refractivity contribution in [2.24, 2.45) is 9.98 Å². The third-order valence-electron chi connectivity index (χ3n) is 4.88. The molecule has 0 fully saturated rings. The Hall–Kier alpha value is -3.34. The molecule has 1 atom stereocenters. The molecule has 2 aromatic carbocycles. The average Bonchev–Trinajstić information content (AvgIpc) is 3.11. The van der Waals surface area contributed by atoms with Crippen molar-refractivity contribution in [3.05, 3.63) is 83.4 Å². The molecule has 28 heavy (non-hydrogen) atoms. The first kappa shape index (κ1) is 18.0. The van der Waals surface area contributed by atoms with Gasteiger partial charge >= 0.3 is 0 Å². The fourth-order valence-electron chi connectivity index (χ4n) is 3.53. The van der Waals surface area contributed by atoms with Gasteiger partial charge in [-0.15, -0.1) is 0 Å². The summed E-state index contributed by atoms with van der Waals surface area (Å²) in [6.07, 6.45) is 4.64. The van der Waals surface area contributed by atoms with Gasteiger partial charge in [0.05, 0.1) is 19.0 Å². The van der Waals surface area contributed by atoms with E-state index in [1.807, 2.05) is 50.2 Å². The Morgan fingerprint density at radius 2 is 1.75 bits per heavy atom. The zero-order valence-corrected chi connectivity index (χ0v) is 16.0. The Labute approximate surface area is 163 Å². The minimum Gasteiger partial charge on any atom is -0.496 e. The standard InChI is InChI=1S/C23H20FN3O/c1-15-9-20(7-8-22(15)28-3)23(26-12-16(2)27-23)19-6-4-5-17(10-19)18-11-21(24)14-25-13-18/h4-14H,1-3H3. The number of hydrogen-bond donors (Lipinski definition) is 0. The summed E-state index contributed by atoms with van der Waals surface area (Å²) in [6.45, 7) is 3.93. The van der Waals surface area contributed by atoms with E-state index in [1.54, 1.807) is 19.5 Å². The average molecular weight is 373 g/mol. The van der Waals surface area contributed by atoms with Crippen molar-refractivity contribution in [3.63, 3.8) is 0 Å². The highest BCUT2D eigenvalue weighted by Gasteiger charge is 2.36. The van der Waals surface area contributed by atoms with Crippen LogP contribution in [0, 0.1) is 12.7 Å². The molecule has 0 amide bonds. The topological polar surface area (TPSA) is 46.8 Å². The minimum atomic E-state index is -0.863. The number of methoxy groups -OCH3 is 1. The number of nitrogens with zero attached hydrogens (tertiary/aromatic N) is 3. The van der Waals surface area contributed by atoms with Crippen LogP contribution in [0.4, 0.5) is 4.39 Å². The number of aryl methyl sites for hydroxylation is 1. The van der Waals surface area contributed by atoms with Crippen molar-refractivity contribution in [1.29, 1.82) is 0 Å². The predicted molar refractivity (Wildman–Crippen MR) is 110 cm³/mol. The Bertz CT molecular complexity index is 1110. The normalized spacial score (nSPS) is 18.2. The van der Waals surface area contributed by atoms with Crippen LogP contribution in [-0.4, -0.2) is 24.0 Å². The van der Waals surface area contributed by atoms with Crippen LogP contribution in [-0.2, 0) is 5.66 Å². The predicted octanol–water partition coefficient (Wildman–Crippen LogP) is 4.95. The van der Waals surface area contributed by atoms with E-state index in [0.29, 0.717) is 5.56 Å². The molecular weight excluding hydrogens is 353 g/mol. The molecule has 1 aliphatic heterocycles. The molecule has 3 aromatic rings. The molecule has 1 aromatic heterocycles. The van der Waals surface area contributed by atoms with Gasteiger partial charge in [0.1, 0.15) is 11.6 Å². The molecule has 0 bridgehead atoms. The van der Waals surface area contributed by atoms with E-state index in [0.717, 1.165) is 33.7 Å². The van der Waals surface area contributed by atoms with Gasteiger partial charge in [0.2, 0.25) is 5.66 Å². The summed E-state index contributed by atoms with van der Waals surface area (Å²) in [5.74, 6) is 0.456. The van der Waals surface area contributed by atoms with E-state index in [9.17, 15) is 4.39 Å². The molecule has 0 saturated heterocycles. The lowest BCUT2D eigenvalue weighted by Crippen LogP contribution is -2.21. The zero-order valence-electron chi connectivity index (χ0n) is 16.0. The van der Waals surface area contributed by atoms with Crippen LogP contribution in [0.1, 0.15) is 23.6 Å². The lowest BCUT2D eigenvalue weighted by Gasteiger charge is -2.26. The van der Waals surface area contributed by atoms with E-state index in [2.05, 4.69) is 11.1 Å². The van der Waals surface area contributed by atoms with E-state index < -0.39 is 5.66 Å². The van der Waals surface area contributed by atoms with Gasteiger partial charge in [-0.05, 0) is 49.2 Å². The molecule has 4 rings (SSSR count). The molecule has 5 heteroatoms. The Morgan fingerprint density at radius 3 is 2.43 bits per heavy atom. The maximum atomic E-state index is 13.6. The molecule has 0 aliphatic carbocycles. The first-order valence-electron chi connectivity index (χ1n) is 9.00. The fraction of sp³-hybridized carbons (Fsp3) is 0.174. The first-order valence-corrected chi connectivity index (χ1v) is 9.00. The monoisotopic (exact) mass is 373 g/mol. The van der Waals surface area contributed by atoms with Crippen LogP contribution in [0.2, 0.25) is 0 Å². The maximum absolute atomic E-state index is 13.6. The lowest BCUT2D eigenvalue weighted by molar-refractivity contribution is 0.411. The van der Waals surface area contributed by atoms with Crippen molar-refractivity contribution >= 4 is 11.9 Å². The Kier molecular flexibility index (Phi) is 4.51. The summed E-state index contributed by atoms with van der Waals surface area (Å²) in [5.41, 5.74) is 4.44. The molecular formula is C23H20FN3O. The van der Waals surface area contributed by atoms with Gasteiger partial charge in [-0.25, -0.2) is 9.38 Å². The van der Waals surface area contributed by atoms with Crippen molar-refractivity contribution in [3.8, 4) is 16.9 Å². The number of halogens is 1. The molecule has 140 valence electrons. The third-order valence-corrected chi connectivity index (χ3v) is 4.88. The number of aromatic nitrogens is 1. The van der Waals surface area contributed by atoms with Crippen molar-refractivity contribution < 1.29 is 9.13 Å². The van der Waals surface area contributed by atoms with E-state index in [1.165, 1.54) is 12.3 Å². The highest BCUT2D eigenvalue weighted by molar-refractivity contribution is 6.31. The second kappa shape index (κ2) is 7.00. The van der Waals surface area contributed by atoms with Crippen LogP contribution >= 0.6 is 0 Å². The first-order chi connectivity index (χ1) is 13.5. The Balaban J connectivity index is 1.87. The highest BCUT2D eigenvalue weighted by Crippen LogP contribution is 2.40. The molecule has 0 spiro atoms. The third kappa shape index (κ3) is 3.09. The van der Waals surface area contributed by atoms with Gasteiger partial charge in [0.15, 0.2) is 0 Å². The molecule has 1 aliphatic rings. The summed E-state index contributed by atoms with van der Waals surface area (Å²) in [4.78, 5) is 13.6. The molecule has 2 heterocycles. The number of hydrogen-bond acceptors (Lipinski definition) is 4. The van der Waals surface area contributed by atoms with Gasteiger partial charge in [-0.1, -0.05) is 24.3 Å². The maximum Gasteiger partial charge on any atom is 0.201 e. The zero-order chi connectivity index (χ0) is 19.7. The van der Waals surface area contributed by atoms with Crippen LogP contribution in [0.25, 0.3) is 11.1 Å². The number of rotatable bonds is 4. The SMILES string of the molecule is COc1ccc(C2(c3cccc(-c4cncc(F)c4)c3)N=CC(C)=N2)cc1C. The lowest BCUT2D eigenvalue weighted by atomic mass is 9.89. The van der Waals surface area contributed by atoms with Crippen LogP contribution in [0.15, 0.2) is 70.9 Å². The van der Waals surface area contributed by atoms with Crippen molar-refractivity contribution in [2.75, 3.05) is 7.11 Å². The summed E-state index contributed by atoms with van der Waals surface area (Å²) in [5, 5.41) is 0. The fourth-order valence-corrected chi connectivity index (χ4v) is 3.53. The minimum absolute atomic E-state index is 0.365. The van der Waals surface area contributed by atoms with Crippen LogP contribution < -0.4 is 4.74 Å². The van der Waals surface area contributed by atoms with Gasteiger partial charge in [0.25, 0.3) is 0 Å². The number of ether oxygens (including phenoxy) is 1. The van der Waals surface area contributed by atoms with Gasteiger partial charge in [-0.3, -0.25) is 9.98 Å². The van der Waals surface area contributed by atoms with Crippen molar-refractivity contribution in [2.45, 2.75) is 19.5 Å². The van der Waals surface area contributed by atoms with E-state index in [4.69, 9.17) is 14.7 Å². The number of aliphatic imine (C=N–C) groups is 2. The summed E-state index contributed by atoms with van der Waals surface area (Å²) < 4.78 is 19.0. The number of pyridine rings is 1. The van der Waals surface area contributed by atoms with Gasteiger partial charge in [-0.2, -0.15) is 0 Å². The molecule has 0 saturated carbocycles. The summed E-state index contributed by atoms with van der Waals surface area (Å²) in [6, 6.07) is 15.3. The molecule has 0 N–H and O–H groups in total.